The third-order valence-electron chi connectivity index (χ3n) is 6.73. The molecule has 1 saturated carbocycles. The molecular formula is C22H21F3N4O2. The molecule has 2 aliphatic rings. The van der Waals surface area contributed by atoms with Crippen molar-refractivity contribution in [3.63, 3.8) is 0 Å². The lowest BCUT2D eigenvalue weighted by Crippen LogP contribution is -2.45. The van der Waals surface area contributed by atoms with Gasteiger partial charge in [0.05, 0.1) is 16.6 Å². The highest BCUT2D eigenvalue weighted by atomic mass is 19.4. The molecule has 2 fully saturated rings. The Morgan fingerprint density at radius 1 is 1.10 bits per heavy atom. The number of piperidine rings is 1. The van der Waals surface area contributed by atoms with Crippen molar-refractivity contribution in [2.75, 3.05) is 13.1 Å². The zero-order valence-electron chi connectivity index (χ0n) is 16.7. The third kappa shape index (κ3) is 3.41. The van der Waals surface area contributed by atoms with Crippen LogP contribution in [0.1, 0.15) is 48.2 Å². The lowest BCUT2D eigenvalue weighted by atomic mass is 9.63. The van der Waals surface area contributed by atoms with Gasteiger partial charge in [0.1, 0.15) is 11.4 Å². The van der Waals surface area contributed by atoms with E-state index in [1.165, 1.54) is 37.5 Å². The van der Waals surface area contributed by atoms with Crippen molar-refractivity contribution in [1.29, 1.82) is 0 Å². The first-order valence-corrected chi connectivity index (χ1v) is 10.3. The molecule has 1 aromatic carbocycles. The summed E-state index contributed by atoms with van der Waals surface area (Å²) in [7, 11) is 0. The van der Waals surface area contributed by atoms with E-state index in [4.69, 9.17) is 0 Å². The Morgan fingerprint density at radius 3 is 2.35 bits per heavy atom. The highest BCUT2D eigenvalue weighted by molar-refractivity contribution is 6.07. The molecule has 1 amide bonds. The lowest BCUT2D eigenvalue weighted by molar-refractivity contribution is -0.139. The molecule has 0 atom stereocenters. The number of nitrogens with one attached hydrogen (secondary N) is 1. The maximum atomic E-state index is 13.6. The van der Waals surface area contributed by atoms with E-state index in [1.54, 1.807) is 17.0 Å². The third-order valence-corrected chi connectivity index (χ3v) is 6.73. The number of phenolic OH excluding ortho intramolecular Hbond substituents is 1. The highest BCUT2D eigenvalue weighted by Gasteiger charge is 2.42. The van der Waals surface area contributed by atoms with Crippen molar-refractivity contribution in [1.82, 2.24) is 20.1 Å². The Kier molecular flexibility index (Phi) is 4.46. The number of aromatic hydroxyl groups is 1. The van der Waals surface area contributed by atoms with Crippen LogP contribution in [0, 0.1) is 5.41 Å². The van der Waals surface area contributed by atoms with E-state index < -0.39 is 17.8 Å². The second-order valence-corrected chi connectivity index (χ2v) is 8.54. The van der Waals surface area contributed by atoms with Gasteiger partial charge in [-0.1, -0.05) is 6.42 Å². The molecule has 31 heavy (non-hydrogen) atoms. The largest absolute Gasteiger partial charge is 0.508 e. The standard InChI is InChI=1S/C22H21F3N4O2/c23-22(24,25)18-17-15(20(31)29-10-8-21(9-11-29)6-1-7-21)12-16(26-19(17)28-27-18)13-2-4-14(30)5-3-13/h2-5,12,30H,1,6-11H2,(H,26,27,28). The molecule has 162 valence electrons. The predicted octanol–water partition coefficient (Wildman–Crippen LogP) is 4.76. The molecule has 2 N–H and O–H groups in total. The quantitative estimate of drug-likeness (QED) is 0.614. The summed E-state index contributed by atoms with van der Waals surface area (Å²) in [5, 5.41) is 15.0. The molecule has 1 aliphatic heterocycles. The number of rotatable bonds is 2. The van der Waals surface area contributed by atoms with Gasteiger partial charge in [0.2, 0.25) is 0 Å². The number of aromatic nitrogens is 3. The molecule has 2 aromatic heterocycles. The first kappa shape index (κ1) is 19.8. The molecule has 1 spiro atoms. The van der Waals surface area contributed by atoms with Gasteiger partial charge in [-0.2, -0.15) is 18.3 Å². The van der Waals surface area contributed by atoms with Crippen LogP contribution < -0.4 is 0 Å². The Labute approximate surface area is 176 Å². The fraction of sp³-hybridized carbons (Fsp3) is 0.409. The average molecular weight is 430 g/mol. The summed E-state index contributed by atoms with van der Waals surface area (Å²) in [6.45, 7) is 1.08. The molecule has 3 aromatic rings. The summed E-state index contributed by atoms with van der Waals surface area (Å²) in [6, 6.07) is 7.50. The van der Waals surface area contributed by atoms with Crippen LogP contribution in [0.3, 0.4) is 0 Å². The molecule has 0 unspecified atom stereocenters. The maximum absolute atomic E-state index is 13.6. The van der Waals surface area contributed by atoms with Crippen molar-refractivity contribution < 1.29 is 23.1 Å². The first-order chi connectivity index (χ1) is 14.8. The normalized spacial score (nSPS) is 18.4. The summed E-state index contributed by atoms with van der Waals surface area (Å²) in [5.74, 6) is -0.382. The zero-order chi connectivity index (χ0) is 21.8. The molecular weight excluding hydrogens is 409 g/mol. The molecule has 5 rings (SSSR count). The number of alkyl halides is 3. The number of hydrogen-bond donors (Lipinski definition) is 2. The number of carbonyl (C=O) groups excluding carboxylic acids is 1. The predicted molar refractivity (Wildman–Crippen MR) is 107 cm³/mol. The maximum Gasteiger partial charge on any atom is 0.433 e. The van der Waals surface area contributed by atoms with Crippen LogP contribution in [0.15, 0.2) is 30.3 Å². The summed E-state index contributed by atoms with van der Waals surface area (Å²) in [5.41, 5.74) is -0.0784. The van der Waals surface area contributed by atoms with Gasteiger partial charge in [-0.15, -0.1) is 0 Å². The average Bonchev–Trinajstić information content (AvgIpc) is 3.17. The molecule has 9 heteroatoms. The number of nitrogens with zero attached hydrogens (tertiary/aromatic N) is 3. The van der Waals surface area contributed by atoms with Crippen LogP contribution in [0.5, 0.6) is 5.75 Å². The summed E-state index contributed by atoms with van der Waals surface area (Å²) < 4.78 is 40.8. The zero-order valence-corrected chi connectivity index (χ0v) is 16.7. The van der Waals surface area contributed by atoms with E-state index in [1.807, 2.05) is 5.10 Å². The minimum Gasteiger partial charge on any atom is -0.508 e. The molecule has 0 radical (unpaired) electrons. The molecule has 6 nitrogen and oxygen atoms in total. The molecule has 1 saturated heterocycles. The topological polar surface area (TPSA) is 82.1 Å². The summed E-state index contributed by atoms with van der Waals surface area (Å²) in [4.78, 5) is 19.3. The van der Waals surface area contributed by atoms with Crippen molar-refractivity contribution in [3.05, 3.63) is 41.6 Å². The Hall–Kier alpha value is -3.10. The van der Waals surface area contributed by atoms with Gasteiger partial charge in [-0.05, 0) is 61.4 Å². The minimum absolute atomic E-state index is 0.0542. The number of halogens is 3. The van der Waals surface area contributed by atoms with Gasteiger partial charge in [0, 0.05) is 18.7 Å². The first-order valence-electron chi connectivity index (χ1n) is 10.3. The van der Waals surface area contributed by atoms with Gasteiger partial charge >= 0.3 is 6.18 Å². The fourth-order valence-corrected chi connectivity index (χ4v) is 4.71. The number of H-pyrrole nitrogens is 1. The Bertz CT molecular complexity index is 1140. The van der Waals surface area contributed by atoms with Crippen LogP contribution in [0.2, 0.25) is 0 Å². The number of benzene rings is 1. The molecule has 1 aliphatic carbocycles. The number of phenols is 1. The number of amides is 1. The van der Waals surface area contributed by atoms with Crippen molar-refractivity contribution in [2.24, 2.45) is 5.41 Å². The second-order valence-electron chi connectivity index (χ2n) is 8.54. The van der Waals surface area contributed by atoms with Crippen molar-refractivity contribution in [2.45, 2.75) is 38.3 Å². The molecule has 0 bridgehead atoms. The number of pyridine rings is 1. The van der Waals surface area contributed by atoms with E-state index in [0.717, 1.165) is 12.8 Å². The highest BCUT2D eigenvalue weighted by Crippen LogP contribution is 2.49. The Balaban J connectivity index is 1.59. The van der Waals surface area contributed by atoms with Crippen molar-refractivity contribution >= 4 is 16.9 Å². The lowest BCUT2D eigenvalue weighted by Gasteiger charge is -2.48. The SMILES string of the molecule is O=C(c1cc(-c2ccc(O)cc2)nc2n[nH]c(C(F)(F)F)c12)N1CCC2(CCC2)CC1. The van der Waals surface area contributed by atoms with Gasteiger partial charge in [-0.3, -0.25) is 9.89 Å². The monoisotopic (exact) mass is 430 g/mol. The van der Waals surface area contributed by atoms with E-state index in [-0.39, 0.29) is 22.3 Å². The second kappa shape index (κ2) is 6.96. The summed E-state index contributed by atoms with van der Waals surface area (Å²) >= 11 is 0. The number of carbonyl (C=O) groups is 1. The molecule has 3 heterocycles. The Morgan fingerprint density at radius 2 is 1.77 bits per heavy atom. The number of likely N-dealkylation sites (tertiary alicyclic amines) is 1. The van der Waals surface area contributed by atoms with Crippen molar-refractivity contribution in [3.8, 4) is 17.0 Å². The smallest absolute Gasteiger partial charge is 0.433 e. The van der Waals surface area contributed by atoms with Crippen LogP contribution in [-0.2, 0) is 6.18 Å². The fourth-order valence-electron chi connectivity index (χ4n) is 4.71. The van der Waals surface area contributed by atoms with E-state index >= 15 is 0 Å². The van der Waals surface area contributed by atoms with Crippen LogP contribution in [-0.4, -0.2) is 44.2 Å². The van der Waals surface area contributed by atoms with E-state index in [2.05, 4.69) is 10.1 Å². The van der Waals surface area contributed by atoms with Crippen LogP contribution in [0.4, 0.5) is 13.2 Å². The number of hydrogen-bond acceptors (Lipinski definition) is 4. The van der Waals surface area contributed by atoms with Gasteiger partial charge in [0.25, 0.3) is 5.91 Å². The van der Waals surface area contributed by atoms with Gasteiger partial charge < -0.3 is 10.0 Å². The van der Waals surface area contributed by atoms with Gasteiger partial charge in [0.15, 0.2) is 5.65 Å². The van der Waals surface area contributed by atoms with E-state index in [0.29, 0.717) is 29.8 Å². The van der Waals surface area contributed by atoms with Crippen LogP contribution in [0.25, 0.3) is 22.3 Å². The van der Waals surface area contributed by atoms with Gasteiger partial charge in [-0.25, -0.2) is 4.98 Å². The summed E-state index contributed by atoms with van der Waals surface area (Å²) in [6.07, 6.45) is 0.617. The van der Waals surface area contributed by atoms with E-state index in [9.17, 15) is 23.1 Å². The van der Waals surface area contributed by atoms with Crippen LogP contribution >= 0.6 is 0 Å². The number of fused-ring (bicyclic) bond motifs is 1. The minimum atomic E-state index is -4.69. The number of aromatic amines is 1.